The number of fused-ring (bicyclic) bond motifs is 1. The number of para-hydroxylation sites is 1. The maximum Gasteiger partial charge on any atom is 0.221 e. The molecule has 132 valence electrons. The van der Waals surface area contributed by atoms with E-state index in [0.717, 1.165) is 5.52 Å². The highest BCUT2D eigenvalue weighted by molar-refractivity contribution is 5.80. The smallest absolute Gasteiger partial charge is 0.221 e. The highest BCUT2D eigenvalue weighted by Gasteiger charge is 2.09. The zero-order chi connectivity index (χ0) is 17.8. The van der Waals surface area contributed by atoms with Gasteiger partial charge in [0.05, 0.1) is 6.26 Å². The number of benzene rings is 1. The summed E-state index contributed by atoms with van der Waals surface area (Å²) < 4.78 is 7.35. The molecular formula is C19H19N5O2. The van der Waals surface area contributed by atoms with E-state index in [2.05, 4.69) is 43.3 Å². The third kappa shape index (κ3) is 3.51. The van der Waals surface area contributed by atoms with E-state index in [0.29, 0.717) is 43.3 Å². The molecule has 2 N–H and O–H groups in total. The van der Waals surface area contributed by atoms with Gasteiger partial charge in [-0.05, 0) is 29.7 Å². The van der Waals surface area contributed by atoms with Gasteiger partial charge in [0.15, 0.2) is 5.76 Å². The number of nitrogens with one attached hydrogen (secondary N) is 2. The SMILES string of the molecule is O=C(CCn1ccc2ccccc21)NCCc1nc(-c2ccco2)n[nH]1. The first-order valence-corrected chi connectivity index (χ1v) is 8.55. The average Bonchev–Trinajstić information content (AvgIpc) is 3.40. The summed E-state index contributed by atoms with van der Waals surface area (Å²) in [5, 5.41) is 11.1. The molecular weight excluding hydrogens is 330 g/mol. The summed E-state index contributed by atoms with van der Waals surface area (Å²) in [6, 6.07) is 13.8. The van der Waals surface area contributed by atoms with Crippen LogP contribution in [-0.4, -0.2) is 32.2 Å². The van der Waals surface area contributed by atoms with Crippen molar-refractivity contribution in [2.24, 2.45) is 0 Å². The summed E-state index contributed by atoms with van der Waals surface area (Å²) in [4.78, 5) is 16.4. The van der Waals surface area contributed by atoms with E-state index in [-0.39, 0.29) is 5.91 Å². The second kappa shape index (κ2) is 7.26. The number of aromatic amines is 1. The molecule has 26 heavy (non-hydrogen) atoms. The summed E-state index contributed by atoms with van der Waals surface area (Å²) >= 11 is 0. The Balaban J connectivity index is 1.24. The minimum Gasteiger partial charge on any atom is -0.461 e. The first kappa shape index (κ1) is 16.1. The summed E-state index contributed by atoms with van der Waals surface area (Å²) in [6.45, 7) is 1.17. The molecule has 4 aromatic rings. The Kier molecular flexibility index (Phi) is 4.51. The maximum atomic E-state index is 12.1. The molecule has 0 unspecified atom stereocenters. The van der Waals surface area contributed by atoms with Crippen LogP contribution < -0.4 is 5.32 Å². The topological polar surface area (TPSA) is 88.7 Å². The van der Waals surface area contributed by atoms with E-state index in [4.69, 9.17) is 4.42 Å². The van der Waals surface area contributed by atoms with Gasteiger partial charge in [0.2, 0.25) is 11.7 Å². The zero-order valence-corrected chi connectivity index (χ0v) is 14.2. The minimum atomic E-state index is 0.0218. The summed E-state index contributed by atoms with van der Waals surface area (Å²) in [5.74, 6) is 1.88. The quantitative estimate of drug-likeness (QED) is 0.537. The molecule has 7 nitrogen and oxygen atoms in total. The molecule has 0 aliphatic carbocycles. The number of aromatic nitrogens is 4. The third-order valence-electron chi connectivity index (χ3n) is 4.22. The molecule has 0 saturated heterocycles. The molecule has 0 radical (unpaired) electrons. The lowest BCUT2D eigenvalue weighted by Gasteiger charge is -2.06. The van der Waals surface area contributed by atoms with Crippen molar-refractivity contribution in [3.05, 3.63) is 60.7 Å². The van der Waals surface area contributed by atoms with Crippen molar-refractivity contribution in [1.82, 2.24) is 25.1 Å². The Morgan fingerprint density at radius 2 is 2.12 bits per heavy atom. The second-order valence-electron chi connectivity index (χ2n) is 6.00. The highest BCUT2D eigenvalue weighted by atomic mass is 16.3. The van der Waals surface area contributed by atoms with Crippen molar-refractivity contribution < 1.29 is 9.21 Å². The van der Waals surface area contributed by atoms with E-state index >= 15 is 0 Å². The lowest BCUT2D eigenvalue weighted by atomic mass is 10.2. The number of hydrogen-bond acceptors (Lipinski definition) is 4. The minimum absolute atomic E-state index is 0.0218. The first-order chi connectivity index (χ1) is 12.8. The molecule has 7 heteroatoms. The number of nitrogens with zero attached hydrogens (tertiary/aromatic N) is 3. The largest absolute Gasteiger partial charge is 0.461 e. The molecule has 0 aliphatic heterocycles. The van der Waals surface area contributed by atoms with Gasteiger partial charge in [-0.1, -0.05) is 18.2 Å². The van der Waals surface area contributed by atoms with Crippen molar-refractivity contribution in [3.8, 4) is 11.6 Å². The van der Waals surface area contributed by atoms with Gasteiger partial charge in [0, 0.05) is 37.6 Å². The molecule has 0 fully saturated rings. The number of carbonyl (C=O) groups is 1. The van der Waals surface area contributed by atoms with E-state index < -0.39 is 0 Å². The van der Waals surface area contributed by atoms with Gasteiger partial charge in [0.25, 0.3) is 0 Å². The number of hydrogen-bond donors (Lipinski definition) is 2. The lowest BCUT2D eigenvalue weighted by Crippen LogP contribution is -2.26. The van der Waals surface area contributed by atoms with Crippen LogP contribution in [0.3, 0.4) is 0 Å². The predicted octanol–water partition coefficient (Wildman–Crippen LogP) is 2.77. The molecule has 0 saturated carbocycles. The standard InChI is InChI=1S/C19H19N5O2/c25-18(9-12-24-11-8-14-4-1-2-5-15(14)24)20-10-7-17-21-19(23-22-17)16-6-3-13-26-16/h1-6,8,11,13H,7,9-10,12H2,(H,20,25)(H,21,22,23). The second-order valence-corrected chi connectivity index (χ2v) is 6.00. The maximum absolute atomic E-state index is 12.1. The van der Waals surface area contributed by atoms with Crippen LogP contribution in [0, 0.1) is 0 Å². The van der Waals surface area contributed by atoms with Gasteiger partial charge in [-0.3, -0.25) is 9.89 Å². The Labute approximate surface area is 150 Å². The van der Waals surface area contributed by atoms with Crippen LogP contribution in [0.2, 0.25) is 0 Å². The number of H-pyrrole nitrogens is 1. The van der Waals surface area contributed by atoms with E-state index in [1.54, 1.807) is 18.4 Å². The van der Waals surface area contributed by atoms with Gasteiger partial charge < -0.3 is 14.3 Å². The Bertz CT molecular complexity index is 1000. The summed E-state index contributed by atoms with van der Waals surface area (Å²) in [5.41, 5.74) is 1.15. The number of amides is 1. The molecule has 0 spiro atoms. The molecule has 4 rings (SSSR count). The van der Waals surface area contributed by atoms with E-state index in [1.807, 2.05) is 18.3 Å². The van der Waals surface area contributed by atoms with Gasteiger partial charge in [0.1, 0.15) is 5.82 Å². The van der Waals surface area contributed by atoms with Crippen molar-refractivity contribution in [2.45, 2.75) is 19.4 Å². The fraction of sp³-hybridized carbons (Fsp3) is 0.211. The fourth-order valence-electron chi connectivity index (χ4n) is 2.89. The normalized spacial score (nSPS) is 11.1. The predicted molar refractivity (Wildman–Crippen MR) is 97.4 cm³/mol. The van der Waals surface area contributed by atoms with Crippen LogP contribution in [0.1, 0.15) is 12.2 Å². The van der Waals surface area contributed by atoms with Gasteiger partial charge in [-0.25, -0.2) is 4.98 Å². The molecule has 1 aromatic carbocycles. The number of aryl methyl sites for hydroxylation is 1. The molecule has 0 atom stereocenters. The third-order valence-corrected chi connectivity index (χ3v) is 4.22. The van der Waals surface area contributed by atoms with Crippen LogP contribution in [0.5, 0.6) is 0 Å². The number of furan rings is 1. The Morgan fingerprint density at radius 1 is 1.19 bits per heavy atom. The van der Waals surface area contributed by atoms with Crippen LogP contribution in [0.25, 0.3) is 22.5 Å². The van der Waals surface area contributed by atoms with Crippen LogP contribution in [0.15, 0.2) is 59.3 Å². The van der Waals surface area contributed by atoms with Gasteiger partial charge in [-0.15, -0.1) is 0 Å². The average molecular weight is 349 g/mol. The fourth-order valence-corrected chi connectivity index (χ4v) is 2.89. The van der Waals surface area contributed by atoms with Crippen molar-refractivity contribution >= 4 is 16.8 Å². The van der Waals surface area contributed by atoms with Crippen molar-refractivity contribution in [2.75, 3.05) is 6.54 Å². The summed E-state index contributed by atoms with van der Waals surface area (Å²) in [7, 11) is 0. The zero-order valence-electron chi connectivity index (χ0n) is 14.2. The van der Waals surface area contributed by atoms with E-state index in [1.165, 1.54) is 5.39 Å². The van der Waals surface area contributed by atoms with E-state index in [9.17, 15) is 4.79 Å². The van der Waals surface area contributed by atoms with Gasteiger partial charge >= 0.3 is 0 Å². The molecule has 1 amide bonds. The number of rotatable bonds is 7. The van der Waals surface area contributed by atoms with Crippen molar-refractivity contribution in [3.63, 3.8) is 0 Å². The Morgan fingerprint density at radius 3 is 3.00 bits per heavy atom. The highest BCUT2D eigenvalue weighted by Crippen LogP contribution is 2.15. The molecule has 3 heterocycles. The Hall–Kier alpha value is -3.35. The van der Waals surface area contributed by atoms with Crippen molar-refractivity contribution in [1.29, 1.82) is 0 Å². The first-order valence-electron chi connectivity index (χ1n) is 8.55. The van der Waals surface area contributed by atoms with Crippen LogP contribution in [-0.2, 0) is 17.8 Å². The molecule has 0 bridgehead atoms. The lowest BCUT2D eigenvalue weighted by molar-refractivity contribution is -0.121. The molecule has 3 aromatic heterocycles. The number of carbonyl (C=O) groups excluding carboxylic acids is 1. The van der Waals surface area contributed by atoms with Crippen LogP contribution in [0.4, 0.5) is 0 Å². The molecule has 0 aliphatic rings. The van der Waals surface area contributed by atoms with Crippen LogP contribution >= 0.6 is 0 Å². The van der Waals surface area contributed by atoms with Gasteiger partial charge in [-0.2, -0.15) is 5.10 Å². The summed E-state index contributed by atoms with van der Waals surface area (Å²) in [6.07, 6.45) is 4.63. The monoisotopic (exact) mass is 349 g/mol.